The Morgan fingerprint density at radius 3 is 1.45 bits per heavy atom. The summed E-state index contributed by atoms with van der Waals surface area (Å²) in [6.07, 6.45) is 0. The lowest BCUT2D eigenvalue weighted by Gasteiger charge is -2.41. The summed E-state index contributed by atoms with van der Waals surface area (Å²) in [5.41, 5.74) is 11.4. The highest BCUT2D eigenvalue weighted by molar-refractivity contribution is 5.77. The molecule has 0 amide bonds. The maximum Gasteiger partial charge on any atom is 0.187 e. The molecule has 0 unspecified atom stereocenters. The van der Waals surface area contributed by atoms with E-state index in [0.29, 0.717) is 23.2 Å². The summed E-state index contributed by atoms with van der Waals surface area (Å²) in [4.78, 5) is 18.6. The number of para-hydroxylation sites is 1. The quantitative estimate of drug-likeness (QED) is 0.153. The van der Waals surface area contributed by atoms with Crippen molar-refractivity contribution in [3.63, 3.8) is 0 Å². The predicted octanol–water partition coefficient (Wildman–Crippen LogP) is 13.2. The molecule has 1 aromatic heterocycles. The summed E-state index contributed by atoms with van der Waals surface area (Å²) >= 11 is 0. The first-order valence-electron chi connectivity index (χ1n) is 19.2. The average Bonchev–Trinajstić information content (AvgIpc) is 3.31. The Morgan fingerprint density at radius 2 is 0.810 bits per heavy atom. The van der Waals surface area contributed by atoms with Crippen LogP contribution < -0.4 is 4.74 Å². The summed E-state index contributed by atoms with van der Waals surface area (Å²) < 4.78 is 6.65. The number of rotatable bonds is 7. The Labute approximate surface area is 337 Å². The second-order valence-corrected chi connectivity index (χ2v) is 14.3. The molecule has 0 atom stereocenters. The normalized spacial score (nSPS) is 12.4. The number of ether oxygens (including phenoxy) is 1. The van der Waals surface area contributed by atoms with E-state index >= 15 is 0 Å². The monoisotopic (exact) mass is 742 g/mol. The van der Waals surface area contributed by atoms with E-state index in [1.165, 1.54) is 11.1 Å². The van der Waals surface area contributed by atoms with Crippen molar-refractivity contribution in [3.8, 4) is 67.9 Å². The lowest BCUT2D eigenvalue weighted by atomic mass is 9.63. The van der Waals surface area contributed by atoms with Gasteiger partial charge in [0.15, 0.2) is 23.2 Å². The number of hydrogen-bond acceptors (Lipinski definition) is 4. The van der Waals surface area contributed by atoms with Gasteiger partial charge in [0.2, 0.25) is 0 Å². The van der Waals surface area contributed by atoms with Crippen molar-refractivity contribution in [3.05, 3.63) is 240 Å². The first-order valence-corrected chi connectivity index (χ1v) is 19.2. The molecule has 0 aliphatic carbocycles. The van der Waals surface area contributed by atoms with Crippen LogP contribution in [0.4, 0.5) is 5.69 Å². The van der Waals surface area contributed by atoms with E-state index < -0.39 is 5.41 Å². The van der Waals surface area contributed by atoms with Gasteiger partial charge in [-0.1, -0.05) is 182 Å². The fraction of sp³-hybridized carbons (Fsp3) is 0.0189. The Bertz CT molecular complexity index is 2920. The maximum atomic E-state index is 7.33. The summed E-state index contributed by atoms with van der Waals surface area (Å²) in [5.74, 6) is 3.46. The lowest BCUT2D eigenvalue weighted by molar-refractivity contribution is 0.434. The van der Waals surface area contributed by atoms with Crippen LogP contribution in [0, 0.1) is 6.57 Å². The van der Waals surface area contributed by atoms with Crippen molar-refractivity contribution >= 4 is 5.69 Å². The van der Waals surface area contributed by atoms with Gasteiger partial charge in [-0.2, -0.15) is 0 Å². The molecule has 0 fully saturated rings. The minimum absolute atomic E-state index is 0.584. The van der Waals surface area contributed by atoms with E-state index in [1.807, 2.05) is 72.8 Å². The van der Waals surface area contributed by atoms with Crippen LogP contribution in [0.25, 0.3) is 61.3 Å². The van der Waals surface area contributed by atoms with Crippen molar-refractivity contribution in [2.24, 2.45) is 0 Å². The predicted molar refractivity (Wildman–Crippen MR) is 232 cm³/mol. The Balaban J connectivity index is 1.07. The van der Waals surface area contributed by atoms with Gasteiger partial charge in [0.05, 0.1) is 12.0 Å². The van der Waals surface area contributed by atoms with E-state index in [-0.39, 0.29) is 0 Å². The van der Waals surface area contributed by atoms with Crippen LogP contribution in [0.1, 0.15) is 22.3 Å². The SMILES string of the molecule is [C-]#[N+]c1ccc(-c2cccc(-c3nc(-c4ccccc4)nc(-c4ccc(-c5ccc6c(c5)C(c5ccccc5)(c5ccccc5)c5ccccc5O6)cc4)n3)c2)cc1. The second kappa shape index (κ2) is 14.6. The largest absolute Gasteiger partial charge is 0.457 e. The van der Waals surface area contributed by atoms with Crippen molar-refractivity contribution in [2.45, 2.75) is 5.41 Å². The molecule has 10 rings (SSSR count). The van der Waals surface area contributed by atoms with Crippen molar-refractivity contribution in [2.75, 3.05) is 0 Å². The van der Waals surface area contributed by atoms with Gasteiger partial charge >= 0.3 is 0 Å². The summed E-state index contributed by atoms with van der Waals surface area (Å²) in [7, 11) is 0. The highest BCUT2D eigenvalue weighted by atomic mass is 16.5. The smallest absolute Gasteiger partial charge is 0.187 e. The highest BCUT2D eigenvalue weighted by Crippen LogP contribution is 2.55. The van der Waals surface area contributed by atoms with E-state index in [4.69, 9.17) is 26.3 Å². The zero-order chi connectivity index (χ0) is 38.9. The number of fused-ring (bicyclic) bond motifs is 2. The van der Waals surface area contributed by atoms with Gasteiger partial charge in [-0.05, 0) is 57.6 Å². The van der Waals surface area contributed by atoms with Gasteiger partial charge in [0, 0.05) is 27.8 Å². The molecule has 58 heavy (non-hydrogen) atoms. The van der Waals surface area contributed by atoms with Crippen molar-refractivity contribution in [1.29, 1.82) is 0 Å². The molecule has 0 N–H and O–H groups in total. The van der Waals surface area contributed by atoms with Gasteiger partial charge < -0.3 is 4.74 Å². The number of hydrogen-bond donors (Lipinski definition) is 0. The van der Waals surface area contributed by atoms with Crippen LogP contribution in [0.15, 0.2) is 206 Å². The number of aromatic nitrogens is 3. The number of nitrogens with zero attached hydrogens (tertiary/aromatic N) is 4. The van der Waals surface area contributed by atoms with Crippen LogP contribution in [0.5, 0.6) is 11.5 Å². The standard InChI is InChI=1S/C53H34N4O/c1-54-45-31-28-37(29-32-45)40-16-13-17-42(34-40)52-56-50(38-14-5-2-6-15-38)55-51(57-52)39-26-24-36(25-27-39)41-30-33-49-47(35-41)53(43-18-7-3-8-19-43,44-20-9-4-10-21-44)46-22-11-12-23-48(46)58-49/h2-35H. The summed E-state index contributed by atoms with van der Waals surface area (Å²) in [6.45, 7) is 7.33. The average molecular weight is 743 g/mol. The Hall–Kier alpha value is -7.94. The van der Waals surface area contributed by atoms with Crippen molar-refractivity contribution in [1.82, 2.24) is 15.0 Å². The molecule has 8 aromatic carbocycles. The number of benzene rings is 8. The van der Waals surface area contributed by atoms with Crippen LogP contribution >= 0.6 is 0 Å². The van der Waals surface area contributed by atoms with E-state index in [9.17, 15) is 0 Å². The van der Waals surface area contributed by atoms with Crippen LogP contribution in [0.3, 0.4) is 0 Å². The first-order chi connectivity index (χ1) is 28.7. The third-order valence-corrected chi connectivity index (χ3v) is 10.9. The molecule has 5 heteroatoms. The van der Waals surface area contributed by atoms with E-state index in [2.05, 4.69) is 138 Å². The van der Waals surface area contributed by atoms with Gasteiger partial charge in [-0.3, -0.25) is 0 Å². The lowest BCUT2D eigenvalue weighted by Crippen LogP contribution is -2.34. The maximum absolute atomic E-state index is 7.33. The van der Waals surface area contributed by atoms with E-state index in [1.54, 1.807) is 0 Å². The summed E-state index contributed by atoms with van der Waals surface area (Å²) in [5, 5.41) is 0. The van der Waals surface area contributed by atoms with Crippen molar-refractivity contribution < 1.29 is 4.74 Å². The van der Waals surface area contributed by atoms with E-state index in [0.717, 1.165) is 61.6 Å². The third kappa shape index (κ3) is 6.10. The molecule has 0 saturated heterocycles. The van der Waals surface area contributed by atoms with Gasteiger partial charge in [-0.25, -0.2) is 19.8 Å². The molecule has 2 heterocycles. The molecule has 272 valence electrons. The molecular weight excluding hydrogens is 709 g/mol. The molecule has 0 spiro atoms. The zero-order valence-corrected chi connectivity index (χ0v) is 31.3. The summed E-state index contributed by atoms with van der Waals surface area (Å²) in [6, 6.07) is 70.7. The molecule has 0 bridgehead atoms. The Morgan fingerprint density at radius 1 is 0.362 bits per heavy atom. The fourth-order valence-corrected chi connectivity index (χ4v) is 8.11. The van der Waals surface area contributed by atoms with Crippen LogP contribution in [-0.2, 0) is 5.41 Å². The second-order valence-electron chi connectivity index (χ2n) is 14.3. The molecule has 5 nitrogen and oxygen atoms in total. The molecule has 0 saturated carbocycles. The highest BCUT2D eigenvalue weighted by Gasteiger charge is 2.45. The molecule has 0 radical (unpaired) electrons. The molecule has 9 aromatic rings. The van der Waals surface area contributed by atoms with Gasteiger partial charge in [0.1, 0.15) is 11.5 Å². The fourth-order valence-electron chi connectivity index (χ4n) is 8.11. The van der Waals surface area contributed by atoms with Crippen LogP contribution in [-0.4, -0.2) is 15.0 Å². The molecule has 1 aliphatic rings. The minimum Gasteiger partial charge on any atom is -0.457 e. The zero-order valence-electron chi connectivity index (χ0n) is 31.3. The molecular formula is C53H34N4O. The van der Waals surface area contributed by atoms with Gasteiger partial charge in [-0.15, -0.1) is 0 Å². The van der Waals surface area contributed by atoms with Gasteiger partial charge in [0.25, 0.3) is 0 Å². The molecule has 1 aliphatic heterocycles. The minimum atomic E-state index is -0.601. The first kappa shape index (κ1) is 34.5. The Kier molecular flexibility index (Phi) is 8.70. The van der Waals surface area contributed by atoms with Crippen LogP contribution in [0.2, 0.25) is 0 Å². The topological polar surface area (TPSA) is 52.3 Å². The third-order valence-electron chi connectivity index (χ3n) is 10.9.